The number of phenols is 1. The number of phenolic OH excluding ortho intramolecular Hbond substituents is 1. The molecule has 2 aliphatic carbocycles. The molecular weight excluding hydrogens is 1370 g/mol. The molecule has 13 heteroatoms. The molecule has 0 aromatic heterocycles. The van der Waals surface area contributed by atoms with Gasteiger partial charge in [0.15, 0.2) is 0 Å². The number of carbonyl (C=O) groups is 3. The van der Waals surface area contributed by atoms with E-state index >= 15 is 0 Å². The maximum Gasteiger partial charge on any atom is 0.302 e. The van der Waals surface area contributed by atoms with E-state index in [1.807, 2.05) is 72.8 Å². The first-order valence-corrected chi connectivity index (χ1v) is 40.7. The molecule has 578 valence electrons. The molecule has 9 aromatic carbocycles. The minimum absolute atomic E-state index is 0.0741. The number of likely N-dealkylation sites (tertiary alicyclic amines) is 2. The van der Waals surface area contributed by atoms with E-state index in [1.165, 1.54) is 149 Å². The lowest BCUT2D eigenvalue weighted by atomic mass is 9.85. The van der Waals surface area contributed by atoms with Gasteiger partial charge in [0.2, 0.25) is 11.8 Å². The highest BCUT2D eigenvalue weighted by atomic mass is 16.5. The molecule has 3 aliphatic heterocycles. The van der Waals surface area contributed by atoms with Crippen LogP contribution in [0.15, 0.2) is 237 Å². The first-order valence-electron chi connectivity index (χ1n) is 40.7. The monoisotopic (exact) mass is 1490 g/mol. The normalized spacial score (nSPS) is 16.6. The molecule has 2 saturated carbocycles. The van der Waals surface area contributed by atoms with Crippen LogP contribution in [0.1, 0.15) is 198 Å². The van der Waals surface area contributed by atoms with Gasteiger partial charge in [0.25, 0.3) is 0 Å². The molecule has 3 saturated heterocycles. The number of rotatable bonds is 27. The van der Waals surface area contributed by atoms with Gasteiger partial charge in [-0.3, -0.25) is 19.3 Å². The Morgan fingerprint density at radius 3 is 1.11 bits per heavy atom. The van der Waals surface area contributed by atoms with E-state index < -0.39 is 0 Å². The number of hydrogen-bond donors (Lipinski definition) is 5. The van der Waals surface area contributed by atoms with Crippen molar-refractivity contribution >= 4 is 68.3 Å². The number of hydrogen-bond acceptors (Lipinski definition) is 11. The van der Waals surface area contributed by atoms with E-state index in [0.29, 0.717) is 37.3 Å². The Morgan fingerprint density at radius 2 is 0.748 bits per heavy atom. The van der Waals surface area contributed by atoms with Gasteiger partial charge in [-0.2, -0.15) is 0 Å². The third-order valence-electron chi connectivity index (χ3n) is 22.6. The largest absolute Gasteiger partial charge is 0.507 e. The Hall–Kier alpha value is -9.99. The van der Waals surface area contributed by atoms with Crippen LogP contribution in [0.5, 0.6) is 5.75 Å². The molecule has 13 nitrogen and oxygen atoms in total. The second-order valence-corrected chi connectivity index (χ2v) is 30.8. The van der Waals surface area contributed by atoms with Gasteiger partial charge < -0.3 is 45.4 Å². The molecule has 111 heavy (non-hydrogen) atoms. The van der Waals surface area contributed by atoms with Gasteiger partial charge in [0.05, 0.1) is 6.61 Å². The predicted octanol–water partition coefficient (Wildman–Crippen LogP) is 19.7. The van der Waals surface area contributed by atoms with Crippen molar-refractivity contribution in [1.82, 2.24) is 14.7 Å². The van der Waals surface area contributed by atoms with Crippen LogP contribution in [0.4, 0.5) is 17.1 Å². The molecule has 0 unspecified atom stereocenters. The summed E-state index contributed by atoms with van der Waals surface area (Å²) < 4.78 is 5.28. The van der Waals surface area contributed by atoms with Crippen LogP contribution >= 0.6 is 0 Å². The second kappa shape index (κ2) is 40.3. The maximum atomic E-state index is 11.6. The molecule has 5 fully saturated rings. The molecule has 0 atom stereocenters. The van der Waals surface area contributed by atoms with Gasteiger partial charge in [0.1, 0.15) is 5.75 Å². The Morgan fingerprint density at radius 1 is 0.396 bits per heavy atom. The van der Waals surface area contributed by atoms with E-state index in [0.717, 1.165) is 125 Å². The van der Waals surface area contributed by atoms with Crippen molar-refractivity contribution in [2.45, 2.75) is 154 Å². The van der Waals surface area contributed by atoms with E-state index in [-0.39, 0.29) is 36.7 Å². The van der Waals surface area contributed by atoms with Crippen LogP contribution in [0.2, 0.25) is 0 Å². The number of carbonyl (C=O) groups excluding carboxylic acids is 3. The van der Waals surface area contributed by atoms with Crippen LogP contribution in [-0.2, 0) is 19.1 Å². The van der Waals surface area contributed by atoms with Crippen molar-refractivity contribution in [2.75, 3.05) is 87.7 Å². The standard InChI is InChI=1S/C35H40N2O3.C33H38N2O2.C30H36N2O2/c1-25(38)36-32-16-14-31(15-17-32)35(34(9-6-24-40-26(2)39)29-7-4-3-5-8-29)30-12-10-27(11-13-30)28-20-22-37(23-21-28)33-18-19-33;1-24(37)34-30-15-13-29(14-16-30)33(32(8-5-23-36)27-6-3-2-4-7-27)28-11-9-25(10-12-28)26-19-21-35(22-20-26)31-17-18-31;1-23(2)31-18-20-32(21-19-31)26-16-14-25(15-17-26)30(28-11-6-7-13-29(28)34)27(12-8-22-33)24-9-4-3-5-10-24/h3-5,7-8,10-17,28,33H,6,9,18-24H2,1-2H3,(H,36,38);2-4,6-7,9-16,26,31,36H,5,8,17-23H2,1H3,(H,34,37);3-7,9-11,13-17,23,33-34H,8,12,18-22H2,1-2H3/b35-34+;33-32+;30-27+. The number of allylic oxidation sites excluding steroid dienone is 3. The molecule has 0 bridgehead atoms. The fraction of sp³-hybridized carbons (Fsp3) is 0.357. The average Bonchev–Trinajstić information content (AvgIpc) is 1.77. The van der Waals surface area contributed by atoms with Crippen LogP contribution in [0.25, 0.3) is 33.4 Å². The van der Waals surface area contributed by atoms with Gasteiger partial charge in [-0.25, -0.2) is 0 Å². The third kappa shape index (κ3) is 22.6. The summed E-state index contributed by atoms with van der Waals surface area (Å²) in [5.41, 5.74) is 22.5. The number of esters is 1. The predicted molar refractivity (Wildman–Crippen MR) is 457 cm³/mol. The highest BCUT2D eigenvalue weighted by Gasteiger charge is 2.34. The quantitative estimate of drug-likeness (QED) is 0.0190. The topological polar surface area (TPSA) is 158 Å². The Labute approximate surface area is 659 Å². The number of benzene rings is 9. The van der Waals surface area contributed by atoms with Crippen LogP contribution in [0, 0.1) is 0 Å². The average molecular weight is 1490 g/mol. The summed E-state index contributed by atoms with van der Waals surface area (Å²) in [6.45, 7) is 18.8. The molecule has 0 spiro atoms. The molecule has 2 amide bonds. The number of ether oxygens (including phenoxy) is 1. The summed E-state index contributed by atoms with van der Waals surface area (Å²) in [4.78, 5) is 44.9. The van der Waals surface area contributed by atoms with E-state index in [4.69, 9.17) is 4.74 Å². The van der Waals surface area contributed by atoms with Gasteiger partial charge in [-0.05, 0) is 273 Å². The van der Waals surface area contributed by atoms with Gasteiger partial charge in [0, 0.05) is 101 Å². The molecular formula is C98H114N6O7. The van der Waals surface area contributed by atoms with Crippen molar-refractivity contribution in [1.29, 1.82) is 0 Å². The SMILES string of the molecule is CC(=O)Nc1ccc(/C(=C(\CCCO)c2ccccc2)c2ccc(C3CCN(C4CC4)CC3)cc2)cc1.CC(=O)Nc1ccc(/C(=C(\CCCOC(C)=O)c2ccccc2)c2ccc(C3CCN(C4CC4)CC3)cc2)cc1.CC(C)N1CCN(c2ccc(/C(=C(/CCCO)c3ccccc3)c3ccccc3O)cc2)CC1. The minimum Gasteiger partial charge on any atom is -0.507 e. The van der Waals surface area contributed by atoms with Crippen LogP contribution in [0.3, 0.4) is 0 Å². The summed E-state index contributed by atoms with van der Waals surface area (Å²) in [5, 5.41) is 35.8. The summed E-state index contributed by atoms with van der Waals surface area (Å²) in [6.07, 6.45) is 14.9. The van der Waals surface area contributed by atoms with Crippen molar-refractivity contribution in [3.8, 4) is 5.75 Å². The summed E-state index contributed by atoms with van der Waals surface area (Å²) in [7, 11) is 0. The van der Waals surface area contributed by atoms with Crippen molar-refractivity contribution < 1.29 is 34.4 Å². The van der Waals surface area contributed by atoms with Gasteiger partial charge in [-0.1, -0.05) is 194 Å². The highest BCUT2D eigenvalue weighted by Crippen LogP contribution is 2.43. The number of anilines is 3. The zero-order chi connectivity index (χ0) is 77.4. The fourth-order valence-electron chi connectivity index (χ4n) is 16.4. The molecule has 5 aliphatic rings. The van der Waals surface area contributed by atoms with E-state index in [2.05, 4.69) is 202 Å². The van der Waals surface area contributed by atoms with Crippen LogP contribution in [-0.4, -0.2) is 138 Å². The lowest BCUT2D eigenvalue weighted by Gasteiger charge is -2.38. The fourth-order valence-corrected chi connectivity index (χ4v) is 16.4. The highest BCUT2D eigenvalue weighted by molar-refractivity contribution is 6.02. The Balaban J connectivity index is 0.000000155. The molecule has 3 heterocycles. The molecule has 0 radical (unpaired) electrons. The summed E-state index contributed by atoms with van der Waals surface area (Å²) >= 11 is 0. The van der Waals surface area contributed by atoms with Crippen LogP contribution < -0.4 is 15.5 Å². The van der Waals surface area contributed by atoms with E-state index in [9.17, 15) is 29.7 Å². The van der Waals surface area contributed by atoms with Gasteiger partial charge >= 0.3 is 5.97 Å². The summed E-state index contributed by atoms with van der Waals surface area (Å²) in [5.74, 6) is 1.11. The number of aliphatic hydroxyl groups is 2. The third-order valence-corrected chi connectivity index (χ3v) is 22.6. The molecule has 9 aromatic rings. The first-order chi connectivity index (χ1) is 54.2. The van der Waals surface area contributed by atoms with E-state index in [1.54, 1.807) is 6.07 Å². The lowest BCUT2D eigenvalue weighted by Crippen LogP contribution is -2.48. The number of aromatic hydroxyl groups is 1. The van der Waals surface area contributed by atoms with Crippen molar-refractivity contribution in [3.05, 3.63) is 298 Å². The van der Waals surface area contributed by atoms with Crippen molar-refractivity contribution in [2.24, 2.45) is 0 Å². The number of piperazine rings is 1. The number of aliphatic hydroxyl groups excluding tert-OH is 2. The smallest absolute Gasteiger partial charge is 0.302 e. The zero-order valence-corrected chi connectivity index (χ0v) is 65.8. The lowest BCUT2D eigenvalue weighted by molar-refractivity contribution is -0.141. The number of nitrogens with one attached hydrogen (secondary N) is 2. The van der Waals surface area contributed by atoms with Gasteiger partial charge in [-0.15, -0.1) is 0 Å². The number of piperidine rings is 2. The molecule has 14 rings (SSSR count). The summed E-state index contributed by atoms with van der Waals surface area (Å²) in [6, 6.07) is 84.4. The minimum atomic E-state index is -0.252. The Kier molecular flexibility index (Phi) is 29.2. The zero-order valence-electron chi connectivity index (χ0n) is 65.8. The number of para-hydroxylation sites is 1. The maximum absolute atomic E-state index is 11.6. The number of nitrogens with zero attached hydrogens (tertiary/aromatic N) is 4. The molecule has 5 N–H and O–H groups in total. The Bertz CT molecular complexity index is 4530. The number of amides is 2. The van der Waals surface area contributed by atoms with Crippen molar-refractivity contribution in [3.63, 3.8) is 0 Å². The first kappa shape index (κ1) is 80.5. The second-order valence-electron chi connectivity index (χ2n) is 30.8.